The molecular weight excluding hydrogens is 985 g/mol. The number of aromatic nitrogens is 1. The molecule has 1 aromatic carbocycles. The van der Waals surface area contributed by atoms with Crippen LogP contribution < -0.4 is 37.0 Å². The summed E-state index contributed by atoms with van der Waals surface area (Å²) in [4.78, 5) is 113. The molecule has 1 aliphatic heterocycles. The van der Waals surface area contributed by atoms with Gasteiger partial charge in [-0.25, -0.2) is 27.7 Å². The number of likely N-dealkylation sites (tertiary alicyclic amines) is 1. The minimum atomic E-state index is -4.39. The molecule has 2 heterocycles. The molecule has 0 spiro atoms. The van der Waals surface area contributed by atoms with Crippen molar-refractivity contribution in [3.05, 3.63) is 45.9 Å². The first-order valence-electron chi connectivity index (χ1n) is 24.7. The van der Waals surface area contributed by atoms with Gasteiger partial charge < -0.3 is 46.7 Å². The van der Waals surface area contributed by atoms with Gasteiger partial charge in [0.2, 0.25) is 33.7 Å². The molecule has 3 rings (SSSR count). The first kappa shape index (κ1) is 61.4. The Hall–Kier alpha value is -5.88. The molecule has 1 saturated heterocycles. The molecule has 73 heavy (non-hydrogen) atoms. The predicted molar refractivity (Wildman–Crippen MR) is 276 cm³/mol. The minimum absolute atomic E-state index is 0.0303. The van der Waals surface area contributed by atoms with E-state index < -0.39 is 93.4 Å². The number of hydrogen-bond acceptors (Lipinski definition) is 15. The molecule has 1 aliphatic rings. The molecule has 0 unspecified atom stereocenters. The van der Waals surface area contributed by atoms with Crippen molar-refractivity contribution in [3.63, 3.8) is 0 Å². The van der Waals surface area contributed by atoms with Gasteiger partial charge in [0.15, 0.2) is 6.10 Å². The highest BCUT2D eigenvalue weighted by atomic mass is 32.2. The minimum Gasteiger partial charge on any atom is -0.455 e. The molecule has 1 fully saturated rings. The largest absolute Gasteiger partial charge is 0.455 e. The van der Waals surface area contributed by atoms with Crippen LogP contribution in [0.2, 0.25) is 0 Å². The fourth-order valence-corrected chi connectivity index (χ4v) is 10.1. The fraction of sp³-hybridized carbons (Fsp3) is 0.653. The summed E-state index contributed by atoms with van der Waals surface area (Å²) in [5.74, 6) is -5.04. The van der Waals surface area contributed by atoms with Crippen LogP contribution >= 0.6 is 11.3 Å². The topological polar surface area (TPSA) is 307 Å². The molecule has 0 bridgehead atoms. The number of thiazole rings is 1. The zero-order valence-electron chi connectivity index (χ0n) is 44.3. The molecule has 24 heteroatoms. The van der Waals surface area contributed by atoms with Crippen LogP contribution in [0.4, 0.5) is 15.3 Å². The Balaban J connectivity index is 1.76. The molecule has 0 aliphatic carbocycles. The number of likely N-dealkylation sites (N-methyl/N-ethyl adjacent to an activating group) is 2. The second-order valence-corrected chi connectivity index (χ2v) is 22.9. The lowest BCUT2D eigenvalue weighted by atomic mass is 9.92. The number of hydrogen-bond donors (Lipinski definition) is 7. The number of ether oxygens (including phenoxy) is 2. The number of sulfonamides is 1. The van der Waals surface area contributed by atoms with E-state index >= 15 is 0 Å². The maximum atomic E-state index is 14.3. The summed E-state index contributed by atoms with van der Waals surface area (Å²) in [5.41, 5.74) is 4.41. The lowest BCUT2D eigenvalue weighted by Gasteiger charge is -2.38. The van der Waals surface area contributed by atoms with Crippen LogP contribution in [0.25, 0.3) is 0 Å². The van der Waals surface area contributed by atoms with Crippen molar-refractivity contribution in [1.29, 1.82) is 0 Å². The summed E-state index contributed by atoms with van der Waals surface area (Å²) < 4.78 is 40.0. The molecule has 0 saturated carbocycles. The van der Waals surface area contributed by atoms with Gasteiger partial charge >= 0.3 is 18.1 Å². The molecule has 8 amide bonds. The van der Waals surface area contributed by atoms with E-state index in [0.29, 0.717) is 12.8 Å². The SMILES string of the molecule is CC[C@H](C)[C@H](NC(=O)[C@H]1CCCCN1C)C(=O)N(C)[C@H](C[C@@H](OC(C)=O)c1nc(C(=O)NS(=O)(=O)Cc2cccc(NC(=O)[C@H](CCCNC(N)=O)NC(=O)[C@@H](NC(=O)OC(C)(C)C)C(C)C)c2)cs1)C(C)C. The van der Waals surface area contributed by atoms with E-state index in [1.807, 2.05) is 44.4 Å². The smallest absolute Gasteiger partial charge is 0.408 e. The number of anilines is 1. The van der Waals surface area contributed by atoms with Gasteiger partial charge in [-0.15, -0.1) is 11.3 Å². The van der Waals surface area contributed by atoms with E-state index in [1.165, 1.54) is 36.6 Å². The Morgan fingerprint density at radius 3 is 2.23 bits per heavy atom. The van der Waals surface area contributed by atoms with Crippen LogP contribution in [-0.2, 0) is 49.2 Å². The highest BCUT2D eigenvalue weighted by Crippen LogP contribution is 2.31. The first-order valence-corrected chi connectivity index (χ1v) is 27.2. The summed E-state index contributed by atoms with van der Waals surface area (Å²) in [7, 11) is -0.848. The van der Waals surface area contributed by atoms with Crippen LogP contribution in [0.1, 0.15) is 141 Å². The molecule has 7 atom stereocenters. The van der Waals surface area contributed by atoms with E-state index in [4.69, 9.17) is 15.2 Å². The number of carbonyl (C=O) groups excluding carboxylic acids is 8. The average molecular weight is 1060 g/mol. The van der Waals surface area contributed by atoms with Gasteiger partial charge in [-0.3, -0.25) is 33.7 Å². The zero-order chi connectivity index (χ0) is 55.0. The third-order valence-electron chi connectivity index (χ3n) is 12.3. The van der Waals surface area contributed by atoms with Crippen molar-refractivity contribution >= 4 is 74.7 Å². The maximum Gasteiger partial charge on any atom is 0.408 e. The molecule has 22 nitrogen and oxygen atoms in total. The number of benzene rings is 1. The highest BCUT2D eigenvalue weighted by Gasteiger charge is 2.38. The molecular formula is C49H78N10O12S2. The van der Waals surface area contributed by atoms with Crippen molar-refractivity contribution in [2.75, 3.05) is 32.5 Å². The summed E-state index contributed by atoms with van der Waals surface area (Å²) in [6.07, 6.45) is 1.70. The summed E-state index contributed by atoms with van der Waals surface area (Å²) in [5, 5.41) is 14.9. The van der Waals surface area contributed by atoms with E-state index in [1.54, 1.807) is 46.6 Å². The third kappa shape index (κ3) is 20.2. The molecule has 408 valence electrons. The normalized spacial score (nSPS) is 16.7. The van der Waals surface area contributed by atoms with E-state index in [2.05, 4.69) is 31.6 Å². The number of primary amides is 1. The Labute approximate surface area is 433 Å². The second-order valence-electron chi connectivity index (χ2n) is 20.3. The van der Waals surface area contributed by atoms with Crippen molar-refractivity contribution in [1.82, 2.24) is 40.8 Å². The van der Waals surface area contributed by atoms with Crippen molar-refractivity contribution < 1.29 is 56.2 Å². The number of alkyl carbamates (subject to hydrolysis) is 1. The zero-order valence-corrected chi connectivity index (χ0v) is 45.9. The van der Waals surface area contributed by atoms with Crippen molar-refractivity contribution in [2.24, 2.45) is 23.5 Å². The number of amides is 8. The van der Waals surface area contributed by atoms with Crippen LogP contribution in [0.3, 0.4) is 0 Å². The van der Waals surface area contributed by atoms with Crippen LogP contribution in [0, 0.1) is 17.8 Å². The number of carbonyl (C=O) groups is 8. The standard InChI is InChI=1S/C49H78N10O12S2/c1-13-30(6)40(55-43(63)36-21-14-15-23-58(36)11)46(65)59(12)37(28(2)3)25-38(70-31(7)60)45-54-35(26-72-45)42(62)57-73(68,69)27-32-18-16-19-33(24-32)52-41(61)34(20-17-22-51-47(50)66)53-44(64)39(29(4)5)56-48(67)71-49(8,9)10/h16,18-19,24,26,28-30,34,36-40H,13-15,17,20-23,25,27H2,1-12H3,(H,52,61)(H,53,64)(H,55,63)(H,56,67)(H,57,62)(H3,50,51,66)/t30-,34-,36+,37+,38+,39-,40-/m0/s1. The number of rotatable bonds is 25. The van der Waals surface area contributed by atoms with Crippen LogP contribution in [-0.4, -0.2) is 134 Å². The first-order chi connectivity index (χ1) is 34.0. The molecule has 2 aromatic rings. The van der Waals surface area contributed by atoms with Gasteiger partial charge in [0.1, 0.15) is 34.4 Å². The van der Waals surface area contributed by atoms with Gasteiger partial charge in [-0.1, -0.05) is 66.5 Å². The number of nitrogens with one attached hydrogen (secondary N) is 6. The number of urea groups is 1. The lowest BCUT2D eigenvalue weighted by molar-refractivity contribution is -0.149. The van der Waals surface area contributed by atoms with Gasteiger partial charge in [0.25, 0.3) is 5.91 Å². The number of nitrogens with zero attached hydrogens (tertiary/aromatic N) is 3. The summed E-state index contributed by atoms with van der Waals surface area (Å²) in [6, 6.07) is 1.09. The Morgan fingerprint density at radius 2 is 1.64 bits per heavy atom. The summed E-state index contributed by atoms with van der Waals surface area (Å²) >= 11 is 0.975. The van der Waals surface area contributed by atoms with Gasteiger partial charge in [0, 0.05) is 44.0 Å². The number of esters is 1. The van der Waals surface area contributed by atoms with Crippen LogP contribution in [0.5, 0.6) is 0 Å². The maximum absolute atomic E-state index is 14.3. The fourth-order valence-electron chi connectivity index (χ4n) is 8.19. The molecule has 0 radical (unpaired) electrons. The average Bonchev–Trinajstić information content (AvgIpc) is 3.79. The predicted octanol–water partition coefficient (Wildman–Crippen LogP) is 4.32. The quantitative estimate of drug-likeness (QED) is 0.0539. The van der Waals surface area contributed by atoms with E-state index in [0.717, 1.165) is 30.7 Å². The molecule has 1 aromatic heterocycles. The third-order valence-corrected chi connectivity index (χ3v) is 14.4. The van der Waals surface area contributed by atoms with Gasteiger partial charge in [-0.2, -0.15) is 0 Å². The van der Waals surface area contributed by atoms with Crippen molar-refractivity contribution in [2.45, 2.75) is 162 Å². The molecule has 8 N–H and O–H groups in total. The number of piperidine rings is 1. The Bertz CT molecular complexity index is 2360. The van der Waals surface area contributed by atoms with Crippen molar-refractivity contribution in [3.8, 4) is 0 Å². The van der Waals surface area contributed by atoms with Gasteiger partial charge in [-0.05, 0) is 95.5 Å². The lowest BCUT2D eigenvalue weighted by Crippen LogP contribution is -2.58. The van der Waals surface area contributed by atoms with Crippen LogP contribution in [0.15, 0.2) is 29.6 Å². The highest BCUT2D eigenvalue weighted by molar-refractivity contribution is 7.89. The monoisotopic (exact) mass is 1060 g/mol. The summed E-state index contributed by atoms with van der Waals surface area (Å²) in [6.45, 7) is 18.2. The Kier molecular flexibility index (Phi) is 23.5. The van der Waals surface area contributed by atoms with Gasteiger partial charge in [0.05, 0.1) is 11.8 Å². The Morgan fingerprint density at radius 1 is 0.959 bits per heavy atom. The van der Waals surface area contributed by atoms with E-state index in [-0.39, 0.29) is 77.5 Å². The number of nitrogens with two attached hydrogens (primary N) is 1. The van der Waals surface area contributed by atoms with E-state index in [9.17, 15) is 46.8 Å². The second kappa shape index (κ2) is 28.0.